The topological polar surface area (TPSA) is 122 Å². The molecule has 2 amide bonds. The Morgan fingerprint density at radius 2 is 2.04 bits per heavy atom. The maximum absolute atomic E-state index is 16.1. The molecule has 45 heavy (non-hydrogen) atoms. The van der Waals surface area contributed by atoms with Gasteiger partial charge in [-0.2, -0.15) is 0 Å². The van der Waals surface area contributed by atoms with Crippen LogP contribution in [-0.4, -0.2) is 65.6 Å². The summed E-state index contributed by atoms with van der Waals surface area (Å²) in [6.45, 7) is 6.83. The monoisotopic (exact) mass is 654 g/mol. The van der Waals surface area contributed by atoms with Crippen LogP contribution in [-0.2, 0) is 39.4 Å². The van der Waals surface area contributed by atoms with Gasteiger partial charge < -0.3 is 29.5 Å². The molecule has 1 aromatic heterocycles. The number of aromatic nitrogens is 3. The summed E-state index contributed by atoms with van der Waals surface area (Å²) in [5.41, 5.74) is 1.78. The van der Waals surface area contributed by atoms with Crippen LogP contribution >= 0.6 is 11.6 Å². The number of amides is 2. The van der Waals surface area contributed by atoms with E-state index in [4.69, 9.17) is 16.3 Å². The van der Waals surface area contributed by atoms with Crippen molar-refractivity contribution in [3.05, 3.63) is 70.5 Å². The molecule has 0 unspecified atom stereocenters. The quantitative estimate of drug-likeness (QED) is 0.216. The van der Waals surface area contributed by atoms with E-state index >= 15 is 4.11 Å². The van der Waals surface area contributed by atoms with Crippen molar-refractivity contribution >= 4 is 43.2 Å². The van der Waals surface area contributed by atoms with Crippen molar-refractivity contribution < 1.29 is 23.5 Å². The number of halogens is 2. The number of hydrogen-bond acceptors (Lipinski definition) is 7. The van der Waals surface area contributed by atoms with Gasteiger partial charge in [-0.15, -0.1) is 5.10 Å². The van der Waals surface area contributed by atoms with Gasteiger partial charge in [-0.25, -0.2) is 0 Å². The van der Waals surface area contributed by atoms with Crippen LogP contribution in [0.1, 0.15) is 43.0 Å². The molecule has 0 radical (unpaired) electrons. The molecule has 0 aliphatic carbocycles. The summed E-state index contributed by atoms with van der Waals surface area (Å²) in [6.07, 6.45) is 3.92. The third-order valence-corrected chi connectivity index (χ3v) is 12.2. The van der Waals surface area contributed by atoms with Gasteiger partial charge in [0.1, 0.15) is 0 Å². The highest BCUT2D eigenvalue weighted by atomic mass is 35.5. The van der Waals surface area contributed by atoms with E-state index in [1.807, 2.05) is 37.3 Å². The molecular weight excluding hydrogens is 615 g/mol. The highest BCUT2D eigenvalue weighted by Gasteiger charge is 2.66. The van der Waals surface area contributed by atoms with Crippen LogP contribution in [0.4, 0.5) is 15.5 Å². The molecule has 3 aromatic rings. The SMILES string of the molecule is C[C@H]1[C@H]([Si](C)(C)F)[C@@H](CCn2cc(CCO)nn2)O[C@]12C(=O)N(Cc1ccc(NC(=O)[C@H]3CCCN3)cc1)c1ccc(Cl)cc12. The number of rotatable bonds is 10. The second-order valence-electron chi connectivity index (χ2n) is 12.9. The fraction of sp³-hybridized carbons (Fsp3) is 0.500. The van der Waals surface area contributed by atoms with Crippen LogP contribution in [0.15, 0.2) is 48.7 Å². The highest BCUT2D eigenvalue weighted by Crippen LogP contribution is 2.60. The summed E-state index contributed by atoms with van der Waals surface area (Å²) in [7, 11) is -3.33. The summed E-state index contributed by atoms with van der Waals surface area (Å²) in [5.74, 6) is -0.715. The first-order chi connectivity index (χ1) is 21.5. The summed E-state index contributed by atoms with van der Waals surface area (Å²) in [6, 6.07) is 12.7. The van der Waals surface area contributed by atoms with Gasteiger partial charge >= 0.3 is 0 Å². The average molecular weight is 655 g/mol. The van der Waals surface area contributed by atoms with E-state index in [0.717, 1.165) is 24.9 Å². The number of ether oxygens (including phenoxy) is 1. The lowest BCUT2D eigenvalue weighted by Gasteiger charge is -2.31. The number of carbonyl (C=O) groups is 2. The van der Waals surface area contributed by atoms with Crippen molar-refractivity contribution in [2.24, 2.45) is 5.92 Å². The number of nitrogens with one attached hydrogen (secondary N) is 2. The number of fused-ring (bicyclic) bond motifs is 2. The van der Waals surface area contributed by atoms with E-state index in [1.54, 1.807) is 41.0 Å². The summed E-state index contributed by atoms with van der Waals surface area (Å²) in [4.78, 5) is 28.8. The van der Waals surface area contributed by atoms with Crippen LogP contribution in [0.5, 0.6) is 0 Å². The first kappa shape index (κ1) is 31.8. The molecule has 4 heterocycles. The maximum atomic E-state index is 16.1. The van der Waals surface area contributed by atoms with E-state index in [2.05, 4.69) is 20.9 Å². The van der Waals surface area contributed by atoms with Gasteiger partial charge in [-0.1, -0.05) is 35.9 Å². The summed E-state index contributed by atoms with van der Waals surface area (Å²) < 4.78 is 24.6. The molecule has 13 heteroatoms. The van der Waals surface area contributed by atoms with Crippen LogP contribution in [0.25, 0.3) is 0 Å². The van der Waals surface area contributed by atoms with Gasteiger partial charge in [0, 0.05) is 53.5 Å². The molecule has 0 saturated carbocycles. The van der Waals surface area contributed by atoms with Crippen LogP contribution < -0.4 is 15.5 Å². The summed E-state index contributed by atoms with van der Waals surface area (Å²) >= 11 is 6.50. The Labute approximate surface area is 268 Å². The number of carbonyl (C=O) groups excluding carboxylic acids is 2. The zero-order valence-electron chi connectivity index (χ0n) is 25.8. The second kappa shape index (κ2) is 12.6. The molecule has 2 saturated heterocycles. The zero-order valence-corrected chi connectivity index (χ0v) is 27.6. The third kappa shape index (κ3) is 6.06. The number of hydrogen-bond donors (Lipinski definition) is 3. The molecule has 10 nitrogen and oxygen atoms in total. The smallest absolute Gasteiger partial charge is 0.264 e. The molecular formula is C32H40ClFN6O4Si. The Hall–Kier alpha value is -3.16. The van der Waals surface area contributed by atoms with Crippen LogP contribution in [0.2, 0.25) is 23.7 Å². The highest BCUT2D eigenvalue weighted by molar-refractivity contribution is 6.72. The van der Waals surface area contributed by atoms with Crippen LogP contribution in [0, 0.1) is 5.92 Å². The minimum atomic E-state index is -3.33. The Morgan fingerprint density at radius 3 is 2.73 bits per heavy atom. The molecule has 0 bridgehead atoms. The van der Waals surface area contributed by atoms with Crippen LogP contribution in [0.3, 0.4) is 0 Å². The first-order valence-electron chi connectivity index (χ1n) is 15.6. The largest absolute Gasteiger partial charge is 0.396 e. The number of nitrogens with zero attached hydrogens (tertiary/aromatic N) is 4. The second-order valence-corrected chi connectivity index (χ2v) is 17.1. The number of anilines is 2. The lowest BCUT2D eigenvalue weighted by molar-refractivity contribution is -0.146. The molecule has 2 fully saturated rings. The van der Waals surface area contributed by atoms with Crippen molar-refractivity contribution in [1.82, 2.24) is 20.3 Å². The predicted octanol–water partition coefficient (Wildman–Crippen LogP) is 4.57. The fourth-order valence-electron chi connectivity index (χ4n) is 7.40. The minimum absolute atomic E-state index is 0.0202. The standard InChI is InChI=1S/C32H40ClFN6O4Si/c1-20-29(45(2,3)34)28(12-15-39-19-24(13-16-41)37-38-39)44-32(20)25-17-22(33)8-11-27(25)40(31(32)43)18-21-6-9-23(10-7-21)36-30(42)26-5-4-14-35-26/h6-11,17,19-20,26,28-29,35,41H,4-5,12-16,18H2,1-3H3,(H,36,42)/t20-,26+,28+,29-,32+/m0/s1. The van der Waals surface area contributed by atoms with Gasteiger partial charge in [0.25, 0.3) is 5.91 Å². The van der Waals surface area contributed by atoms with Gasteiger partial charge in [-0.05, 0) is 74.8 Å². The van der Waals surface area contributed by atoms with Crippen molar-refractivity contribution in [3.63, 3.8) is 0 Å². The van der Waals surface area contributed by atoms with Gasteiger partial charge in [0.05, 0.1) is 30.1 Å². The molecule has 3 N–H and O–H groups in total. The lowest BCUT2D eigenvalue weighted by atomic mass is 9.82. The molecule has 5 atom stereocenters. The molecule has 2 aromatic carbocycles. The molecule has 240 valence electrons. The Balaban J connectivity index is 1.26. The normalized spacial score (nSPS) is 26.2. The van der Waals surface area contributed by atoms with E-state index in [-0.39, 0.29) is 31.0 Å². The molecule has 3 aliphatic rings. The Bertz CT molecular complexity index is 1560. The van der Waals surface area contributed by atoms with Crippen molar-refractivity contribution in [2.75, 3.05) is 23.4 Å². The van der Waals surface area contributed by atoms with E-state index in [1.165, 1.54) is 0 Å². The lowest BCUT2D eigenvalue weighted by Crippen LogP contribution is -2.45. The van der Waals surface area contributed by atoms with Gasteiger partial charge in [0.2, 0.25) is 14.3 Å². The van der Waals surface area contributed by atoms with Gasteiger partial charge in [0.15, 0.2) is 5.60 Å². The number of benzene rings is 2. The fourth-order valence-corrected chi connectivity index (χ4v) is 10.1. The predicted molar refractivity (Wildman–Crippen MR) is 172 cm³/mol. The average Bonchev–Trinajstić information content (AvgIpc) is 3.78. The van der Waals surface area contributed by atoms with Gasteiger partial charge in [-0.3, -0.25) is 14.3 Å². The number of aliphatic hydroxyl groups excluding tert-OH is 1. The zero-order chi connectivity index (χ0) is 31.9. The number of aryl methyl sites for hydroxylation is 1. The molecule has 1 spiro atoms. The summed E-state index contributed by atoms with van der Waals surface area (Å²) in [5, 5.41) is 24.1. The number of aliphatic hydroxyl groups is 1. The Morgan fingerprint density at radius 1 is 1.27 bits per heavy atom. The minimum Gasteiger partial charge on any atom is -0.396 e. The van der Waals surface area contributed by atoms with E-state index in [0.29, 0.717) is 47.0 Å². The molecule has 3 aliphatic heterocycles. The Kier molecular flexibility index (Phi) is 8.88. The van der Waals surface area contributed by atoms with Crippen molar-refractivity contribution in [1.29, 1.82) is 0 Å². The first-order valence-corrected chi connectivity index (χ1v) is 19.0. The van der Waals surface area contributed by atoms with E-state index < -0.39 is 31.6 Å². The van der Waals surface area contributed by atoms with Crippen molar-refractivity contribution in [2.45, 2.75) is 82.1 Å². The molecule has 6 rings (SSSR count). The van der Waals surface area contributed by atoms with E-state index in [9.17, 15) is 14.7 Å². The third-order valence-electron chi connectivity index (χ3n) is 9.46. The van der Waals surface area contributed by atoms with Crippen molar-refractivity contribution in [3.8, 4) is 0 Å². The maximum Gasteiger partial charge on any atom is 0.264 e.